The molecule has 1 fully saturated rings. The zero-order valence-electron chi connectivity index (χ0n) is 7.27. The molecule has 1 aliphatic rings. The summed E-state index contributed by atoms with van der Waals surface area (Å²) >= 11 is 0. The Kier molecular flexibility index (Phi) is 1.94. The van der Waals surface area contributed by atoms with E-state index in [4.69, 9.17) is 0 Å². The molecule has 2 heterocycles. The molecular formula is C9H13N3. The van der Waals surface area contributed by atoms with E-state index in [-0.39, 0.29) is 0 Å². The van der Waals surface area contributed by atoms with Crippen LogP contribution in [-0.2, 0) is 0 Å². The van der Waals surface area contributed by atoms with Crippen LogP contribution in [0.4, 0.5) is 5.82 Å². The highest BCUT2D eigenvalue weighted by molar-refractivity contribution is 5.37. The lowest BCUT2D eigenvalue weighted by molar-refractivity contribution is 0.658. The molecule has 2 rings (SSSR count). The zero-order valence-corrected chi connectivity index (χ0v) is 7.27. The minimum Gasteiger partial charge on any atom is -0.355 e. The van der Waals surface area contributed by atoms with Crippen LogP contribution in [0.5, 0.6) is 0 Å². The molecule has 64 valence electrons. The number of hydrogen-bond donors (Lipinski definition) is 0. The van der Waals surface area contributed by atoms with Crippen LogP contribution >= 0.6 is 0 Å². The lowest BCUT2D eigenvalue weighted by Crippen LogP contribution is -2.20. The summed E-state index contributed by atoms with van der Waals surface area (Å²) in [5.74, 6) is 1.81. The molecule has 1 saturated heterocycles. The molecule has 0 radical (unpaired) electrons. The van der Waals surface area contributed by atoms with Crippen molar-refractivity contribution in [3.63, 3.8) is 0 Å². The van der Waals surface area contributed by atoms with E-state index in [9.17, 15) is 0 Å². The molecule has 0 saturated carbocycles. The Labute approximate surface area is 72.4 Å². The summed E-state index contributed by atoms with van der Waals surface area (Å²) in [6.45, 7) is 4.52. The van der Waals surface area contributed by atoms with Crippen molar-refractivity contribution in [2.24, 2.45) is 5.92 Å². The lowest BCUT2D eigenvalue weighted by atomic mass is 10.2. The van der Waals surface area contributed by atoms with Crippen molar-refractivity contribution in [3.05, 3.63) is 18.3 Å². The van der Waals surface area contributed by atoms with Crippen molar-refractivity contribution in [3.8, 4) is 0 Å². The van der Waals surface area contributed by atoms with Gasteiger partial charge in [0.05, 0.1) is 0 Å². The Bertz CT molecular complexity index is 247. The molecule has 0 bridgehead atoms. The molecule has 1 aliphatic heterocycles. The van der Waals surface area contributed by atoms with Crippen molar-refractivity contribution in [2.75, 3.05) is 18.0 Å². The van der Waals surface area contributed by atoms with Crippen LogP contribution in [0.1, 0.15) is 13.3 Å². The van der Waals surface area contributed by atoms with Crippen LogP contribution < -0.4 is 4.90 Å². The highest BCUT2D eigenvalue weighted by Crippen LogP contribution is 2.20. The normalized spacial score (nSPS) is 23.1. The molecule has 0 spiro atoms. The summed E-state index contributed by atoms with van der Waals surface area (Å²) in [6.07, 6.45) is 2.99. The van der Waals surface area contributed by atoms with Gasteiger partial charge >= 0.3 is 0 Å². The minimum atomic E-state index is 0.798. The average molecular weight is 163 g/mol. The van der Waals surface area contributed by atoms with Crippen molar-refractivity contribution in [1.29, 1.82) is 0 Å². The maximum Gasteiger partial charge on any atom is 0.151 e. The average Bonchev–Trinajstić information content (AvgIpc) is 2.54. The fourth-order valence-electron chi connectivity index (χ4n) is 1.61. The van der Waals surface area contributed by atoms with E-state index in [2.05, 4.69) is 22.0 Å². The van der Waals surface area contributed by atoms with Gasteiger partial charge in [0.25, 0.3) is 0 Å². The Morgan fingerprint density at radius 3 is 3.08 bits per heavy atom. The smallest absolute Gasteiger partial charge is 0.151 e. The topological polar surface area (TPSA) is 29.0 Å². The van der Waals surface area contributed by atoms with E-state index in [1.807, 2.05) is 12.1 Å². The summed E-state index contributed by atoms with van der Waals surface area (Å²) in [4.78, 5) is 2.29. The van der Waals surface area contributed by atoms with Crippen LogP contribution in [0.25, 0.3) is 0 Å². The highest BCUT2D eigenvalue weighted by atomic mass is 15.3. The van der Waals surface area contributed by atoms with Crippen molar-refractivity contribution >= 4 is 5.82 Å². The van der Waals surface area contributed by atoms with Gasteiger partial charge in [-0.2, -0.15) is 5.10 Å². The van der Waals surface area contributed by atoms with Crippen molar-refractivity contribution < 1.29 is 0 Å². The Morgan fingerprint density at radius 1 is 1.58 bits per heavy atom. The second kappa shape index (κ2) is 3.09. The molecule has 1 unspecified atom stereocenters. The van der Waals surface area contributed by atoms with E-state index in [1.165, 1.54) is 6.42 Å². The van der Waals surface area contributed by atoms with Gasteiger partial charge in [-0.15, -0.1) is 5.10 Å². The third-order valence-corrected chi connectivity index (χ3v) is 2.31. The summed E-state index contributed by atoms with van der Waals surface area (Å²) < 4.78 is 0. The van der Waals surface area contributed by atoms with Crippen LogP contribution in [-0.4, -0.2) is 23.3 Å². The second-order valence-electron chi connectivity index (χ2n) is 3.42. The third kappa shape index (κ3) is 1.40. The predicted octanol–water partition coefficient (Wildman–Crippen LogP) is 1.32. The summed E-state index contributed by atoms with van der Waals surface area (Å²) in [6, 6.07) is 3.95. The van der Waals surface area contributed by atoms with Crippen molar-refractivity contribution in [1.82, 2.24) is 10.2 Å². The van der Waals surface area contributed by atoms with E-state index in [1.54, 1.807) is 6.20 Å². The fourth-order valence-corrected chi connectivity index (χ4v) is 1.61. The van der Waals surface area contributed by atoms with Crippen LogP contribution in [0, 0.1) is 5.92 Å². The first-order valence-electron chi connectivity index (χ1n) is 4.39. The molecule has 0 amide bonds. The molecule has 0 aromatic carbocycles. The maximum absolute atomic E-state index is 4.07. The first-order valence-corrected chi connectivity index (χ1v) is 4.39. The molecule has 1 atom stereocenters. The first kappa shape index (κ1) is 7.53. The molecule has 12 heavy (non-hydrogen) atoms. The largest absolute Gasteiger partial charge is 0.355 e. The molecule has 3 heteroatoms. The van der Waals surface area contributed by atoms with E-state index < -0.39 is 0 Å². The van der Waals surface area contributed by atoms with Gasteiger partial charge in [0.15, 0.2) is 5.82 Å². The fraction of sp³-hybridized carbons (Fsp3) is 0.556. The number of aromatic nitrogens is 2. The van der Waals surface area contributed by atoms with Gasteiger partial charge in [0.2, 0.25) is 0 Å². The molecule has 0 N–H and O–H groups in total. The van der Waals surface area contributed by atoms with Gasteiger partial charge in [-0.25, -0.2) is 0 Å². The summed E-state index contributed by atoms with van der Waals surface area (Å²) in [5, 5.41) is 7.93. The SMILES string of the molecule is CC1CCN(c2cccnn2)C1. The zero-order chi connectivity index (χ0) is 8.39. The monoisotopic (exact) mass is 163 g/mol. The van der Waals surface area contributed by atoms with Crippen LogP contribution in [0.15, 0.2) is 18.3 Å². The van der Waals surface area contributed by atoms with Gasteiger partial charge in [-0.1, -0.05) is 6.92 Å². The lowest BCUT2D eigenvalue weighted by Gasteiger charge is -2.15. The molecular weight excluding hydrogens is 150 g/mol. The third-order valence-electron chi connectivity index (χ3n) is 2.31. The highest BCUT2D eigenvalue weighted by Gasteiger charge is 2.19. The van der Waals surface area contributed by atoms with Gasteiger partial charge in [0, 0.05) is 19.3 Å². The first-order chi connectivity index (χ1) is 5.86. The summed E-state index contributed by atoms with van der Waals surface area (Å²) in [5.41, 5.74) is 0. The predicted molar refractivity (Wildman–Crippen MR) is 48.0 cm³/mol. The molecule has 3 nitrogen and oxygen atoms in total. The Balaban J connectivity index is 2.11. The number of hydrogen-bond acceptors (Lipinski definition) is 3. The van der Waals surface area contributed by atoms with E-state index >= 15 is 0 Å². The molecule has 1 aromatic heterocycles. The molecule has 0 aliphatic carbocycles. The summed E-state index contributed by atoms with van der Waals surface area (Å²) in [7, 11) is 0. The van der Waals surface area contributed by atoms with E-state index in [0.717, 1.165) is 24.8 Å². The van der Waals surface area contributed by atoms with Crippen LogP contribution in [0.3, 0.4) is 0 Å². The van der Waals surface area contributed by atoms with Crippen LogP contribution in [0.2, 0.25) is 0 Å². The standard InChI is InChI=1S/C9H13N3/c1-8-4-6-12(7-8)9-3-2-5-10-11-9/h2-3,5,8H,4,6-7H2,1H3. The Hall–Kier alpha value is -1.12. The molecule has 1 aromatic rings. The van der Waals surface area contributed by atoms with Gasteiger partial charge < -0.3 is 4.90 Å². The Morgan fingerprint density at radius 2 is 2.50 bits per heavy atom. The van der Waals surface area contributed by atoms with Crippen molar-refractivity contribution in [2.45, 2.75) is 13.3 Å². The maximum atomic E-state index is 4.07. The van der Waals surface area contributed by atoms with Gasteiger partial charge in [-0.05, 0) is 24.5 Å². The number of anilines is 1. The van der Waals surface area contributed by atoms with E-state index in [0.29, 0.717) is 0 Å². The second-order valence-corrected chi connectivity index (χ2v) is 3.42. The minimum absolute atomic E-state index is 0.798. The quantitative estimate of drug-likeness (QED) is 0.625. The number of rotatable bonds is 1. The van der Waals surface area contributed by atoms with Gasteiger partial charge in [-0.3, -0.25) is 0 Å². The number of nitrogens with zero attached hydrogens (tertiary/aromatic N) is 3. The van der Waals surface area contributed by atoms with Gasteiger partial charge in [0.1, 0.15) is 0 Å².